The second kappa shape index (κ2) is 33.9. The Bertz CT molecular complexity index is 556. The fourth-order valence-corrected chi connectivity index (χ4v) is 7.44. The van der Waals surface area contributed by atoms with Gasteiger partial charge in [0, 0.05) is 58.9 Å². The second-order valence-electron chi connectivity index (χ2n) is 15.7. The minimum absolute atomic E-state index is 0.270. The van der Waals surface area contributed by atoms with E-state index < -0.39 is 0 Å². The summed E-state index contributed by atoms with van der Waals surface area (Å²) in [6.45, 7) is 14.7. The predicted molar refractivity (Wildman–Crippen MR) is 209 cm³/mol. The molecule has 1 heterocycles. The van der Waals surface area contributed by atoms with E-state index in [9.17, 15) is 15.3 Å². The van der Waals surface area contributed by atoms with Crippen molar-refractivity contribution in [3.05, 3.63) is 0 Å². The lowest BCUT2D eigenvalue weighted by atomic mass is 10.1. The van der Waals surface area contributed by atoms with Crippen LogP contribution >= 0.6 is 0 Å². The zero-order valence-corrected chi connectivity index (χ0v) is 32.9. The summed E-state index contributed by atoms with van der Waals surface area (Å²) >= 11 is 0. The number of unbranched alkanes of at least 4 members (excludes halogenated alkanes) is 21. The summed E-state index contributed by atoms with van der Waals surface area (Å²) in [6.07, 6.45) is 33.0. The third kappa shape index (κ3) is 28.5. The van der Waals surface area contributed by atoms with Gasteiger partial charge < -0.3 is 15.3 Å². The summed E-state index contributed by atoms with van der Waals surface area (Å²) in [5.74, 6) is 0. The Morgan fingerprint density at radius 3 is 0.708 bits per heavy atom. The Labute approximate surface area is 300 Å². The zero-order valence-electron chi connectivity index (χ0n) is 32.9. The van der Waals surface area contributed by atoms with Crippen molar-refractivity contribution in [2.24, 2.45) is 0 Å². The third-order valence-electron chi connectivity index (χ3n) is 10.8. The molecule has 0 aromatic carbocycles. The maximum atomic E-state index is 11.0. The standard InChI is InChI=1S/C42H87N3O3/c1-4-7-10-13-16-19-22-25-28-40(46)37-43-31-33-44(38-41(47)29-26-23-20-17-14-11-8-5-2)35-36-45(34-32-43)39-42(48)30-27-24-21-18-15-12-9-6-3/h40-42,46-48H,4-39H2,1-3H3. The number of nitrogens with zero attached hydrogens (tertiary/aromatic N) is 3. The number of aliphatic hydroxyl groups is 3. The fourth-order valence-electron chi connectivity index (χ4n) is 7.44. The van der Waals surface area contributed by atoms with E-state index in [1.807, 2.05) is 0 Å². The molecule has 288 valence electrons. The maximum absolute atomic E-state index is 11.0. The van der Waals surface area contributed by atoms with E-state index in [-0.39, 0.29) is 18.3 Å². The summed E-state index contributed by atoms with van der Waals surface area (Å²) in [5.41, 5.74) is 0. The second-order valence-corrected chi connectivity index (χ2v) is 15.7. The first kappa shape index (κ1) is 45.8. The minimum atomic E-state index is -0.270. The van der Waals surface area contributed by atoms with Gasteiger partial charge in [0.1, 0.15) is 0 Å². The molecule has 6 heteroatoms. The fraction of sp³-hybridized carbons (Fsp3) is 1.00. The molecular formula is C42H87N3O3. The van der Waals surface area contributed by atoms with Crippen LogP contribution in [0.4, 0.5) is 0 Å². The highest BCUT2D eigenvalue weighted by molar-refractivity contribution is 4.77. The summed E-state index contributed by atoms with van der Waals surface area (Å²) in [5, 5.41) is 32.9. The van der Waals surface area contributed by atoms with Crippen LogP contribution in [0, 0.1) is 0 Å². The van der Waals surface area contributed by atoms with Gasteiger partial charge in [-0.25, -0.2) is 0 Å². The van der Waals surface area contributed by atoms with Gasteiger partial charge in [-0.05, 0) is 19.3 Å². The van der Waals surface area contributed by atoms with Gasteiger partial charge in [-0.15, -0.1) is 0 Å². The van der Waals surface area contributed by atoms with Gasteiger partial charge in [0.2, 0.25) is 0 Å². The van der Waals surface area contributed by atoms with Gasteiger partial charge in [0.05, 0.1) is 18.3 Å². The molecule has 1 fully saturated rings. The predicted octanol–water partition coefficient (Wildman–Crippen LogP) is 9.58. The third-order valence-corrected chi connectivity index (χ3v) is 10.8. The molecule has 0 aromatic heterocycles. The highest BCUT2D eigenvalue weighted by Crippen LogP contribution is 2.15. The average molecular weight is 682 g/mol. The van der Waals surface area contributed by atoms with Crippen molar-refractivity contribution in [1.82, 2.24) is 14.7 Å². The smallest absolute Gasteiger partial charge is 0.0667 e. The number of β-amino-alcohol motifs (C(OH)–C–C–N with tert-alkyl or cyclic N) is 3. The molecule has 0 spiro atoms. The molecule has 48 heavy (non-hydrogen) atoms. The van der Waals surface area contributed by atoms with Gasteiger partial charge in [-0.2, -0.15) is 0 Å². The zero-order chi connectivity index (χ0) is 34.9. The Morgan fingerprint density at radius 2 is 0.500 bits per heavy atom. The molecule has 1 rings (SSSR count). The van der Waals surface area contributed by atoms with Crippen molar-refractivity contribution in [3.63, 3.8) is 0 Å². The molecule has 3 N–H and O–H groups in total. The minimum Gasteiger partial charge on any atom is -0.392 e. The Morgan fingerprint density at radius 1 is 0.312 bits per heavy atom. The van der Waals surface area contributed by atoms with Crippen LogP contribution in [0.25, 0.3) is 0 Å². The highest BCUT2D eigenvalue weighted by atomic mass is 16.3. The number of aliphatic hydroxyl groups excluding tert-OH is 3. The van der Waals surface area contributed by atoms with Gasteiger partial charge in [0.25, 0.3) is 0 Å². The summed E-state index contributed by atoms with van der Waals surface area (Å²) in [7, 11) is 0. The Hall–Kier alpha value is -0.240. The van der Waals surface area contributed by atoms with Crippen molar-refractivity contribution >= 4 is 0 Å². The van der Waals surface area contributed by atoms with Crippen LogP contribution in [0.2, 0.25) is 0 Å². The van der Waals surface area contributed by atoms with Crippen LogP contribution in [0.15, 0.2) is 0 Å². The topological polar surface area (TPSA) is 70.4 Å². The van der Waals surface area contributed by atoms with Crippen LogP contribution < -0.4 is 0 Å². The molecule has 0 amide bonds. The first-order valence-electron chi connectivity index (χ1n) is 21.7. The lowest BCUT2D eigenvalue weighted by Gasteiger charge is -2.28. The lowest BCUT2D eigenvalue weighted by Crippen LogP contribution is -2.41. The monoisotopic (exact) mass is 682 g/mol. The SMILES string of the molecule is CCCCCCCCCCC(O)CN1CCN(CC(O)CCCCCCCCCC)CCN(CC(O)CCCCCCCCCC)CC1. The van der Waals surface area contributed by atoms with Gasteiger partial charge in [-0.1, -0.05) is 175 Å². The van der Waals surface area contributed by atoms with Crippen molar-refractivity contribution in [3.8, 4) is 0 Å². The lowest BCUT2D eigenvalue weighted by molar-refractivity contribution is 0.0822. The molecule has 1 aliphatic heterocycles. The molecule has 1 saturated heterocycles. The van der Waals surface area contributed by atoms with E-state index >= 15 is 0 Å². The quantitative estimate of drug-likeness (QED) is 0.0600. The first-order valence-corrected chi connectivity index (χ1v) is 21.7. The molecular weight excluding hydrogens is 594 g/mol. The van der Waals surface area contributed by atoms with Crippen LogP contribution in [0.5, 0.6) is 0 Å². The largest absolute Gasteiger partial charge is 0.392 e. The van der Waals surface area contributed by atoms with E-state index in [1.165, 1.54) is 135 Å². The molecule has 0 aliphatic carbocycles. The summed E-state index contributed by atoms with van der Waals surface area (Å²) < 4.78 is 0. The molecule has 3 atom stereocenters. The van der Waals surface area contributed by atoms with Crippen molar-refractivity contribution in [2.45, 2.75) is 212 Å². The van der Waals surface area contributed by atoms with E-state index in [2.05, 4.69) is 35.5 Å². The molecule has 6 nitrogen and oxygen atoms in total. The Kier molecular flexibility index (Phi) is 32.3. The molecule has 0 bridgehead atoms. The van der Waals surface area contributed by atoms with Crippen molar-refractivity contribution in [2.75, 3.05) is 58.9 Å². The van der Waals surface area contributed by atoms with E-state index in [1.54, 1.807) is 0 Å². The van der Waals surface area contributed by atoms with Crippen molar-refractivity contribution < 1.29 is 15.3 Å². The molecule has 1 aliphatic rings. The van der Waals surface area contributed by atoms with Gasteiger partial charge in [0.15, 0.2) is 0 Å². The summed E-state index contributed by atoms with van der Waals surface area (Å²) in [6, 6.07) is 0. The first-order chi connectivity index (χ1) is 23.5. The van der Waals surface area contributed by atoms with Crippen LogP contribution in [0.3, 0.4) is 0 Å². The number of hydrogen-bond donors (Lipinski definition) is 3. The normalized spacial score (nSPS) is 17.6. The number of rotatable bonds is 33. The molecule has 0 radical (unpaired) electrons. The maximum Gasteiger partial charge on any atom is 0.0667 e. The molecule has 3 unspecified atom stereocenters. The van der Waals surface area contributed by atoms with Crippen LogP contribution in [-0.2, 0) is 0 Å². The van der Waals surface area contributed by atoms with E-state index in [0.717, 1.165) is 97.4 Å². The highest BCUT2D eigenvalue weighted by Gasteiger charge is 2.21. The Balaban J connectivity index is 2.54. The van der Waals surface area contributed by atoms with Crippen LogP contribution in [-0.4, -0.2) is 107 Å². The van der Waals surface area contributed by atoms with E-state index in [4.69, 9.17) is 0 Å². The van der Waals surface area contributed by atoms with E-state index in [0.29, 0.717) is 0 Å². The van der Waals surface area contributed by atoms with Gasteiger partial charge in [-0.3, -0.25) is 14.7 Å². The molecule has 0 aromatic rings. The summed E-state index contributed by atoms with van der Waals surface area (Å²) in [4.78, 5) is 7.36. The average Bonchev–Trinajstić information content (AvgIpc) is 3.16. The van der Waals surface area contributed by atoms with Crippen LogP contribution in [0.1, 0.15) is 194 Å². The van der Waals surface area contributed by atoms with Gasteiger partial charge >= 0.3 is 0 Å². The molecule has 0 saturated carbocycles. The van der Waals surface area contributed by atoms with Crippen molar-refractivity contribution in [1.29, 1.82) is 0 Å². The number of hydrogen-bond acceptors (Lipinski definition) is 6.